The Morgan fingerprint density at radius 3 is 2.40 bits per heavy atom. The molecule has 0 bridgehead atoms. The molecule has 1 aromatic heterocycles. The summed E-state index contributed by atoms with van der Waals surface area (Å²) in [5.41, 5.74) is 10.3. The summed E-state index contributed by atoms with van der Waals surface area (Å²) in [6.07, 6.45) is 0. The van der Waals surface area contributed by atoms with Crippen molar-refractivity contribution >= 4 is 5.70 Å². The Morgan fingerprint density at radius 2 is 1.87 bits per heavy atom. The fourth-order valence-corrected chi connectivity index (χ4v) is 1.39. The summed E-state index contributed by atoms with van der Waals surface area (Å²) in [6, 6.07) is 2.05. The average Bonchev–Trinajstić information content (AvgIpc) is 2.09. The van der Waals surface area contributed by atoms with Crippen LogP contribution in [0.4, 0.5) is 0 Å². The van der Waals surface area contributed by atoms with Crippen molar-refractivity contribution in [1.29, 1.82) is 0 Å². The van der Waals surface area contributed by atoms with E-state index in [9.17, 15) is 0 Å². The first-order chi connectivity index (χ1) is 6.91. The molecule has 0 aliphatic carbocycles. The van der Waals surface area contributed by atoms with Gasteiger partial charge in [0.25, 0.3) is 0 Å². The lowest BCUT2D eigenvalue weighted by Gasteiger charge is -2.13. The summed E-state index contributed by atoms with van der Waals surface area (Å²) in [5, 5.41) is 2.90. The topological polar surface area (TPSA) is 50.9 Å². The number of rotatable bonds is 3. The van der Waals surface area contributed by atoms with Crippen molar-refractivity contribution in [2.24, 2.45) is 5.73 Å². The predicted molar refractivity (Wildman–Crippen MR) is 63.9 cm³/mol. The number of aryl methyl sites for hydroxylation is 3. The summed E-state index contributed by atoms with van der Waals surface area (Å²) < 4.78 is 0. The normalized spacial score (nSPS) is 9.80. The molecule has 0 saturated carbocycles. The van der Waals surface area contributed by atoms with Crippen LogP contribution in [0.1, 0.15) is 22.5 Å². The molecule has 0 radical (unpaired) electrons. The van der Waals surface area contributed by atoms with E-state index in [1.807, 2.05) is 20.8 Å². The smallest absolute Gasteiger partial charge is 0.0930 e. The minimum atomic E-state index is 0.387. The zero-order valence-electron chi connectivity index (χ0n) is 9.52. The van der Waals surface area contributed by atoms with Crippen LogP contribution in [0.5, 0.6) is 0 Å². The molecule has 0 saturated heterocycles. The predicted octanol–water partition coefficient (Wildman–Crippen LogP) is 2.00. The standard InChI is InChI=1S/C12H17N3/c1-7-6-12(9(3)14-8(7)2)10(4)15-11(5)13/h6,15H,4-5,13H2,1-3H3. The van der Waals surface area contributed by atoms with Crippen LogP contribution in [-0.2, 0) is 0 Å². The summed E-state index contributed by atoms with van der Waals surface area (Å²) in [7, 11) is 0. The first-order valence-electron chi connectivity index (χ1n) is 4.77. The molecule has 0 amide bonds. The number of pyridine rings is 1. The summed E-state index contributed by atoms with van der Waals surface area (Å²) in [5.74, 6) is 0.387. The van der Waals surface area contributed by atoms with Crippen LogP contribution in [0, 0.1) is 20.8 Å². The van der Waals surface area contributed by atoms with Crippen molar-refractivity contribution in [2.75, 3.05) is 0 Å². The molecule has 0 spiro atoms. The highest BCUT2D eigenvalue weighted by Crippen LogP contribution is 2.17. The molecule has 1 aromatic rings. The Labute approximate surface area is 90.7 Å². The van der Waals surface area contributed by atoms with Gasteiger partial charge in [-0.15, -0.1) is 0 Å². The number of nitrogens with one attached hydrogen (secondary N) is 1. The molecule has 0 aromatic carbocycles. The van der Waals surface area contributed by atoms with Crippen molar-refractivity contribution in [3.05, 3.63) is 47.6 Å². The maximum atomic E-state index is 5.46. The molecule has 0 unspecified atom stereocenters. The van der Waals surface area contributed by atoms with Crippen LogP contribution < -0.4 is 11.1 Å². The Hall–Kier alpha value is -1.77. The largest absolute Gasteiger partial charge is 0.386 e. The van der Waals surface area contributed by atoms with Gasteiger partial charge in [0.15, 0.2) is 0 Å². The van der Waals surface area contributed by atoms with E-state index in [1.54, 1.807) is 0 Å². The number of hydrogen-bond acceptors (Lipinski definition) is 3. The zero-order valence-corrected chi connectivity index (χ0v) is 9.52. The second-order valence-electron chi connectivity index (χ2n) is 3.65. The first-order valence-corrected chi connectivity index (χ1v) is 4.77. The van der Waals surface area contributed by atoms with Gasteiger partial charge < -0.3 is 11.1 Å². The van der Waals surface area contributed by atoms with E-state index in [1.165, 1.54) is 0 Å². The Bertz CT molecular complexity index is 419. The molecule has 0 aliphatic heterocycles. The van der Waals surface area contributed by atoms with Crippen molar-refractivity contribution in [3.8, 4) is 0 Å². The van der Waals surface area contributed by atoms with Gasteiger partial charge >= 0.3 is 0 Å². The van der Waals surface area contributed by atoms with Crippen molar-refractivity contribution in [1.82, 2.24) is 10.3 Å². The van der Waals surface area contributed by atoms with Gasteiger partial charge in [0.2, 0.25) is 0 Å². The molecule has 3 N–H and O–H groups in total. The molecule has 3 nitrogen and oxygen atoms in total. The quantitative estimate of drug-likeness (QED) is 0.790. The summed E-state index contributed by atoms with van der Waals surface area (Å²) in [4.78, 5) is 4.43. The van der Waals surface area contributed by atoms with E-state index in [0.29, 0.717) is 5.82 Å². The lowest BCUT2D eigenvalue weighted by atomic mass is 10.1. The van der Waals surface area contributed by atoms with Crippen molar-refractivity contribution < 1.29 is 0 Å². The highest BCUT2D eigenvalue weighted by molar-refractivity contribution is 5.65. The average molecular weight is 203 g/mol. The molecule has 1 rings (SSSR count). The Balaban J connectivity index is 3.09. The van der Waals surface area contributed by atoms with Gasteiger partial charge in [0.05, 0.1) is 5.82 Å². The Morgan fingerprint density at radius 1 is 1.27 bits per heavy atom. The van der Waals surface area contributed by atoms with Crippen molar-refractivity contribution in [2.45, 2.75) is 20.8 Å². The molecular weight excluding hydrogens is 186 g/mol. The van der Waals surface area contributed by atoms with Crippen LogP contribution in [0.2, 0.25) is 0 Å². The van der Waals surface area contributed by atoms with Gasteiger partial charge in [0, 0.05) is 22.6 Å². The van der Waals surface area contributed by atoms with E-state index < -0.39 is 0 Å². The van der Waals surface area contributed by atoms with E-state index in [4.69, 9.17) is 5.73 Å². The molecule has 3 heteroatoms. The fraction of sp³-hybridized carbons (Fsp3) is 0.250. The minimum absolute atomic E-state index is 0.387. The van der Waals surface area contributed by atoms with Crippen LogP contribution in [-0.4, -0.2) is 4.98 Å². The lowest BCUT2D eigenvalue weighted by Crippen LogP contribution is -2.17. The van der Waals surface area contributed by atoms with E-state index in [2.05, 4.69) is 29.5 Å². The highest BCUT2D eigenvalue weighted by atomic mass is 15.0. The van der Waals surface area contributed by atoms with Gasteiger partial charge in [-0.1, -0.05) is 13.2 Å². The SMILES string of the molecule is C=C(N)NC(=C)c1cc(C)c(C)nc1C. The molecule has 1 heterocycles. The maximum absolute atomic E-state index is 5.46. The number of hydrogen-bond donors (Lipinski definition) is 2. The monoisotopic (exact) mass is 203 g/mol. The lowest BCUT2D eigenvalue weighted by molar-refractivity contribution is 1.03. The number of nitrogens with two attached hydrogens (primary N) is 1. The Kier molecular flexibility index (Phi) is 3.14. The van der Waals surface area contributed by atoms with Crippen LogP contribution in [0.3, 0.4) is 0 Å². The van der Waals surface area contributed by atoms with E-state index >= 15 is 0 Å². The second-order valence-corrected chi connectivity index (χ2v) is 3.65. The molecule has 80 valence electrons. The van der Waals surface area contributed by atoms with Crippen LogP contribution in [0.25, 0.3) is 5.70 Å². The van der Waals surface area contributed by atoms with Gasteiger partial charge in [-0.2, -0.15) is 0 Å². The van der Waals surface area contributed by atoms with Crippen LogP contribution in [0.15, 0.2) is 25.0 Å². The second kappa shape index (κ2) is 4.17. The van der Waals surface area contributed by atoms with Gasteiger partial charge in [-0.25, -0.2) is 0 Å². The third-order valence-corrected chi connectivity index (χ3v) is 2.29. The first kappa shape index (κ1) is 11.3. The van der Waals surface area contributed by atoms with Crippen molar-refractivity contribution in [3.63, 3.8) is 0 Å². The molecular formula is C12H17N3. The maximum Gasteiger partial charge on any atom is 0.0930 e. The summed E-state index contributed by atoms with van der Waals surface area (Å²) in [6.45, 7) is 13.4. The molecule has 0 fully saturated rings. The third kappa shape index (κ3) is 2.59. The highest BCUT2D eigenvalue weighted by Gasteiger charge is 2.06. The molecule has 0 aliphatic rings. The van der Waals surface area contributed by atoms with E-state index in [0.717, 1.165) is 28.2 Å². The zero-order chi connectivity index (χ0) is 11.6. The third-order valence-electron chi connectivity index (χ3n) is 2.29. The molecule has 0 atom stereocenters. The minimum Gasteiger partial charge on any atom is -0.386 e. The number of nitrogens with zero attached hydrogens (tertiary/aromatic N) is 1. The summed E-state index contributed by atoms with van der Waals surface area (Å²) >= 11 is 0. The van der Waals surface area contributed by atoms with Gasteiger partial charge in [0.1, 0.15) is 0 Å². The van der Waals surface area contributed by atoms with E-state index in [-0.39, 0.29) is 0 Å². The van der Waals surface area contributed by atoms with Gasteiger partial charge in [-0.3, -0.25) is 4.98 Å². The fourth-order valence-electron chi connectivity index (χ4n) is 1.39. The van der Waals surface area contributed by atoms with Crippen LogP contribution >= 0.6 is 0 Å². The van der Waals surface area contributed by atoms with Gasteiger partial charge in [-0.05, 0) is 32.4 Å². The molecule has 15 heavy (non-hydrogen) atoms. The number of aromatic nitrogens is 1.